The van der Waals surface area contributed by atoms with Gasteiger partial charge in [-0.05, 0) is 39.9 Å². The van der Waals surface area contributed by atoms with Gasteiger partial charge in [-0.2, -0.15) is 0 Å². The Morgan fingerprint density at radius 1 is 0.556 bits per heavy atom. The van der Waals surface area contributed by atoms with Crippen LogP contribution in [0.3, 0.4) is 0 Å². The van der Waals surface area contributed by atoms with E-state index in [0.717, 1.165) is 27.8 Å². The maximum atomic E-state index is 13.0. The summed E-state index contributed by atoms with van der Waals surface area (Å²) in [4.78, 5) is 24.8. The van der Waals surface area contributed by atoms with Gasteiger partial charge in [-0.1, -0.05) is 127 Å². The Kier molecular flexibility index (Phi) is 12.9. The van der Waals surface area contributed by atoms with Gasteiger partial charge in [-0.15, -0.1) is 0 Å². The van der Waals surface area contributed by atoms with Gasteiger partial charge in [0.15, 0.2) is 0 Å². The average Bonchev–Trinajstić information content (AvgIpc) is 3.08. The van der Waals surface area contributed by atoms with E-state index in [-0.39, 0.29) is 19.3 Å². The third-order valence-corrected chi connectivity index (χ3v) is 6.67. The highest BCUT2D eigenvalue weighted by atomic mass is 35.5. The highest BCUT2D eigenvalue weighted by Gasteiger charge is 2.17. The topological polar surface area (TPSA) is 91.1 Å². The van der Waals surface area contributed by atoms with Crippen molar-refractivity contribution in [2.75, 3.05) is 5.73 Å². The number of carbonyl (C=O) groups excluding carboxylic acids is 2. The maximum absolute atomic E-state index is 13.0. The molecule has 230 valence electrons. The predicted octanol–water partition coefficient (Wildman–Crippen LogP) is 8.75. The van der Waals surface area contributed by atoms with E-state index in [0.29, 0.717) is 31.1 Å². The fraction of sp³-hybridized carbons (Fsp3) is 0.135. The number of hydrogen-bond acceptors (Lipinski definition) is 6. The molecule has 0 unspecified atom stereocenters. The molecule has 45 heavy (non-hydrogen) atoms. The van der Waals surface area contributed by atoms with Crippen molar-refractivity contribution in [3.05, 3.63) is 167 Å². The van der Waals surface area contributed by atoms with Crippen molar-refractivity contribution in [1.82, 2.24) is 4.90 Å². The Balaban J connectivity index is 0.000000354. The first-order valence-electron chi connectivity index (χ1n) is 14.4. The van der Waals surface area contributed by atoms with Gasteiger partial charge in [-0.25, -0.2) is 9.59 Å². The molecule has 0 aromatic heterocycles. The van der Waals surface area contributed by atoms with Gasteiger partial charge in [0, 0.05) is 24.7 Å². The van der Waals surface area contributed by atoms with E-state index < -0.39 is 5.43 Å². The molecule has 0 heterocycles. The Bertz CT molecular complexity index is 1600. The highest BCUT2D eigenvalue weighted by molar-refractivity contribution is 6.61. The van der Waals surface area contributed by atoms with E-state index in [2.05, 4.69) is 4.74 Å². The number of anilines is 1. The molecule has 1 amide bonds. The van der Waals surface area contributed by atoms with Crippen molar-refractivity contribution in [2.45, 2.75) is 32.9 Å². The van der Waals surface area contributed by atoms with Gasteiger partial charge in [0.05, 0.1) is 5.69 Å². The van der Waals surface area contributed by atoms with Crippen LogP contribution in [0.4, 0.5) is 15.3 Å². The molecule has 0 aliphatic rings. The number of amides is 1. The minimum Gasteiger partial charge on any atom is -0.487 e. The molecule has 0 bridgehead atoms. The summed E-state index contributed by atoms with van der Waals surface area (Å²) >= 11 is 4.97. The second kappa shape index (κ2) is 17.8. The van der Waals surface area contributed by atoms with E-state index in [4.69, 9.17) is 26.8 Å². The lowest BCUT2D eigenvalue weighted by Gasteiger charge is -2.23. The van der Waals surface area contributed by atoms with E-state index >= 15 is 0 Å². The molecule has 5 aromatic rings. The van der Waals surface area contributed by atoms with Crippen LogP contribution in [0, 0.1) is 0 Å². The van der Waals surface area contributed by atoms with Crippen LogP contribution in [-0.2, 0) is 42.4 Å². The van der Waals surface area contributed by atoms with E-state index in [9.17, 15) is 9.59 Å². The molecule has 0 aliphatic carbocycles. The molecular formula is C37H35ClN2O5. The van der Waals surface area contributed by atoms with E-state index in [1.165, 1.54) is 0 Å². The third kappa shape index (κ3) is 11.7. The van der Waals surface area contributed by atoms with Crippen molar-refractivity contribution >= 4 is 28.8 Å². The number of ether oxygens (including phenoxy) is 3. The number of halogens is 1. The Morgan fingerprint density at radius 3 is 1.49 bits per heavy atom. The molecule has 0 radical (unpaired) electrons. The Morgan fingerprint density at radius 2 is 1.00 bits per heavy atom. The molecule has 0 aliphatic heterocycles. The summed E-state index contributed by atoms with van der Waals surface area (Å²) in [5.74, 6) is 0.619. The number of nitrogens with zero attached hydrogens (tertiary/aromatic N) is 1. The Labute approximate surface area is 268 Å². The standard InChI is InChI=1S/C29H28N2O3.C8H7ClO2/c30-27-18-26(16-17-28(27)33-21-24-12-6-2-7-13-24)20-31(19-23-10-4-1-5-11-23)29(32)34-22-25-14-8-3-9-15-25;9-8(10)11-6-7-4-2-1-3-5-7/h1-18H,19-22,30H2;1-5H,6H2. The lowest BCUT2D eigenvalue weighted by Crippen LogP contribution is -2.30. The van der Waals surface area contributed by atoms with E-state index in [1.54, 1.807) is 4.90 Å². The molecule has 8 heteroatoms. The molecule has 0 fully saturated rings. The monoisotopic (exact) mass is 622 g/mol. The molecule has 0 atom stereocenters. The van der Waals surface area contributed by atoms with Gasteiger partial charge in [0.25, 0.3) is 0 Å². The summed E-state index contributed by atoms with van der Waals surface area (Å²) in [6.07, 6.45) is -0.379. The molecule has 7 nitrogen and oxygen atoms in total. The van der Waals surface area contributed by atoms with Gasteiger partial charge in [0.1, 0.15) is 25.6 Å². The Hall–Kier alpha value is -5.27. The molecule has 0 saturated heterocycles. The summed E-state index contributed by atoms with van der Waals surface area (Å²) in [6.45, 7) is 1.70. The number of benzene rings is 5. The molecule has 5 aromatic carbocycles. The zero-order chi connectivity index (χ0) is 31.7. The molecule has 0 spiro atoms. The SMILES string of the molecule is Nc1cc(CN(Cc2ccccc2)C(=O)OCc2ccccc2)ccc1OCc1ccccc1.O=C(Cl)OCc1ccccc1. The summed E-state index contributed by atoms with van der Waals surface area (Å²) in [5.41, 5.74) is 10.9. The third-order valence-electron chi connectivity index (χ3n) is 6.56. The van der Waals surface area contributed by atoms with Crippen molar-refractivity contribution in [2.24, 2.45) is 0 Å². The first-order valence-corrected chi connectivity index (χ1v) is 14.7. The normalized spacial score (nSPS) is 10.2. The largest absolute Gasteiger partial charge is 0.487 e. The van der Waals surface area contributed by atoms with Gasteiger partial charge >= 0.3 is 11.5 Å². The molecule has 0 saturated carbocycles. The van der Waals surface area contributed by atoms with Crippen LogP contribution < -0.4 is 10.5 Å². The molecule has 2 N–H and O–H groups in total. The lowest BCUT2D eigenvalue weighted by atomic mass is 10.1. The second-order valence-electron chi connectivity index (χ2n) is 10.0. The van der Waals surface area contributed by atoms with E-state index in [1.807, 2.05) is 140 Å². The number of nitrogen functional groups attached to an aromatic ring is 1. The van der Waals surface area contributed by atoms with Crippen LogP contribution in [0.2, 0.25) is 0 Å². The average molecular weight is 623 g/mol. The summed E-state index contributed by atoms with van der Waals surface area (Å²) < 4.78 is 16.0. The van der Waals surface area contributed by atoms with Crippen molar-refractivity contribution in [3.63, 3.8) is 0 Å². The van der Waals surface area contributed by atoms with Crippen LogP contribution in [0.15, 0.2) is 140 Å². The van der Waals surface area contributed by atoms with Gasteiger partial charge in [0.2, 0.25) is 0 Å². The van der Waals surface area contributed by atoms with Gasteiger partial charge in [-0.3, -0.25) is 4.90 Å². The van der Waals surface area contributed by atoms with Crippen LogP contribution in [0.25, 0.3) is 0 Å². The minimum absolute atomic E-state index is 0.222. The maximum Gasteiger partial charge on any atom is 0.410 e. The van der Waals surface area contributed by atoms with Crippen LogP contribution in [0.1, 0.15) is 27.8 Å². The summed E-state index contributed by atoms with van der Waals surface area (Å²) in [7, 11) is 0. The predicted molar refractivity (Wildman–Crippen MR) is 176 cm³/mol. The number of hydrogen-bond donors (Lipinski definition) is 1. The minimum atomic E-state index is -0.770. The molecular weight excluding hydrogens is 588 g/mol. The van der Waals surface area contributed by atoms with Crippen molar-refractivity contribution in [1.29, 1.82) is 0 Å². The fourth-order valence-electron chi connectivity index (χ4n) is 4.30. The number of carbonyl (C=O) groups is 2. The van der Waals surface area contributed by atoms with Gasteiger partial charge < -0.3 is 19.9 Å². The van der Waals surface area contributed by atoms with Crippen LogP contribution >= 0.6 is 11.6 Å². The fourth-order valence-corrected chi connectivity index (χ4v) is 4.35. The van der Waals surface area contributed by atoms with Crippen LogP contribution in [0.5, 0.6) is 5.75 Å². The summed E-state index contributed by atoms with van der Waals surface area (Å²) in [6, 6.07) is 44.4. The van der Waals surface area contributed by atoms with Crippen LogP contribution in [-0.4, -0.2) is 16.4 Å². The highest BCUT2D eigenvalue weighted by Crippen LogP contribution is 2.25. The zero-order valence-corrected chi connectivity index (χ0v) is 25.5. The summed E-state index contributed by atoms with van der Waals surface area (Å²) in [5, 5.41) is 0. The first-order chi connectivity index (χ1) is 22.0. The molecule has 5 rings (SSSR count). The van der Waals surface area contributed by atoms with Crippen molar-refractivity contribution in [3.8, 4) is 5.75 Å². The zero-order valence-electron chi connectivity index (χ0n) is 24.8. The lowest BCUT2D eigenvalue weighted by molar-refractivity contribution is 0.0910. The van der Waals surface area contributed by atoms with Crippen molar-refractivity contribution < 1.29 is 23.8 Å². The number of rotatable bonds is 11. The number of nitrogens with two attached hydrogens (primary N) is 1. The quantitative estimate of drug-likeness (QED) is 0.117. The smallest absolute Gasteiger partial charge is 0.410 e. The second-order valence-corrected chi connectivity index (χ2v) is 10.3. The first kappa shape index (κ1) is 32.6.